The van der Waals surface area contributed by atoms with Crippen molar-refractivity contribution in [2.75, 3.05) is 0 Å². The molecule has 4 rings (SSSR count). The second-order valence-corrected chi connectivity index (χ2v) is 6.18. The normalized spacial score (nSPS) is 10.8. The minimum atomic E-state index is -0.402. The summed E-state index contributed by atoms with van der Waals surface area (Å²) in [6, 6.07) is 18.3. The van der Waals surface area contributed by atoms with E-state index < -0.39 is 5.69 Å². The lowest BCUT2D eigenvalue weighted by Gasteiger charge is -2.07. The largest absolute Gasteiger partial charge is 0.357 e. The second-order valence-electron chi connectivity index (χ2n) is 5.75. The van der Waals surface area contributed by atoms with E-state index in [0.717, 1.165) is 5.56 Å². The fraction of sp³-hybridized carbons (Fsp3) is 0.0526. The molecule has 0 N–H and O–H groups in total. The molecular weight excluding hydrogens is 350 g/mol. The van der Waals surface area contributed by atoms with Crippen LogP contribution in [-0.2, 0) is 0 Å². The Morgan fingerprint density at radius 2 is 1.77 bits per heavy atom. The Hall–Kier alpha value is -3.43. The van der Waals surface area contributed by atoms with Gasteiger partial charge in [-0.1, -0.05) is 47.1 Å². The number of fused-ring (bicyclic) bond motifs is 1. The molecular formula is C19H12ClN5O. The molecule has 26 heavy (non-hydrogen) atoms. The highest BCUT2D eigenvalue weighted by Gasteiger charge is 2.21. The van der Waals surface area contributed by atoms with Crippen LogP contribution in [0.15, 0.2) is 59.4 Å². The standard InChI is InChI=1S/C19H12ClN5O/c1-12-16(11-21)18-22-23-25(15-9-7-14(20)8-10-15)19(26)24(18)17(12)13-5-3-2-4-6-13/h2-10H,1H3. The van der Waals surface area contributed by atoms with Crippen LogP contribution < -0.4 is 5.69 Å². The minimum absolute atomic E-state index is 0.249. The van der Waals surface area contributed by atoms with E-state index in [4.69, 9.17) is 11.6 Å². The van der Waals surface area contributed by atoms with E-state index in [1.54, 1.807) is 24.3 Å². The zero-order valence-electron chi connectivity index (χ0n) is 13.7. The average Bonchev–Trinajstić information content (AvgIpc) is 2.96. The number of nitriles is 1. The summed E-state index contributed by atoms with van der Waals surface area (Å²) in [5.41, 5.74) is 2.89. The summed E-state index contributed by atoms with van der Waals surface area (Å²) in [5, 5.41) is 18.2. The van der Waals surface area contributed by atoms with Crippen molar-refractivity contribution in [3.63, 3.8) is 0 Å². The van der Waals surface area contributed by atoms with Gasteiger partial charge >= 0.3 is 5.69 Å². The third-order valence-corrected chi connectivity index (χ3v) is 4.47. The summed E-state index contributed by atoms with van der Waals surface area (Å²) >= 11 is 5.92. The summed E-state index contributed by atoms with van der Waals surface area (Å²) in [6.45, 7) is 1.81. The van der Waals surface area contributed by atoms with Crippen LogP contribution in [0.1, 0.15) is 11.1 Å². The third kappa shape index (κ3) is 2.38. The molecule has 0 unspecified atom stereocenters. The van der Waals surface area contributed by atoms with Gasteiger partial charge in [-0.25, -0.2) is 9.20 Å². The minimum Gasteiger partial charge on any atom is -0.245 e. The summed E-state index contributed by atoms with van der Waals surface area (Å²) in [7, 11) is 0. The zero-order chi connectivity index (χ0) is 18.3. The Kier molecular flexibility index (Phi) is 3.79. The molecule has 2 heterocycles. The number of hydrogen-bond acceptors (Lipinski definition) is 4. The van der Waals surface area contributed by atoms with Gasteiger partial charge in [0.1, 0.15) is 11.6 Å². The molecule has 6 nitrogen and oxygen atoms in total. The molecule has 0 saturated heterocycles. The van der Waals surface area contributed by atoms with Crippen molar-refractivity contribution >= 4 is 17.2 Å². The van der Waals surface area contributed by atoms with Crippen LogP contribution in [0.5, 0.6) is 0 Å². The average molecular weight is 362 g/mol. The smallest absolute Gasteiger partial charge is 0.245 e. The molecule has 0 bridgehead atoms. The first-order valence-electron chi connectivity index (χ1n) is 7.84. The summed E-state index contributed by atoms with van der Waals surface area (Å²) in [6.07, 6.45) is 0. The summed E-state index contributed by atoms with van der Waals surface area (Å²) in [5.74, 6) is 0. The molecule has 0 amide bonds. The van der Waals surface area contributed by atoms with Gasteiger partial charge in [0.15, 0.2) is 5.65 Å². The van der Waals surface area contributed by atoms with Gasteiger partial charge in [-0.15, -0.1) is 5.10 Å². The van der Waals surface area contributed by atoms with E-state index in [2.05, 4.69) is 16.4 Å². The SMILES string of the molecule is Cc1c(C#N)c2nnn(-c3ccc(Cl)cc3)c(=O)n2c1-c1ccccc1. The van der Waals surface area contributed by atoms with E-state index in [9.17, 15) is 10.1 Å². The van der Waals surface area contributed by atoms with Crippen molar-refractivity contribution in [1.29, 1.82) is 5.26 Å². The Morgan fingerprint density at radius 1 is 1.08 bits per heavy atom. The highest BCUT2D eigenvalue weighted by molar-refractivity contribution is 6.30. The van der Waals surface area contributed by atoms with Gasteiger partial charge in [0, 0.05) is 5.02 Å². The van der Waals surface area contributed by atoms with Gasteiger partial charge in [-0.2, -0.15) is 9.94 Å². The van der Waals surface area contributed by atoms with Gasteiger partial charge < -0.3 is 0 Å². The highest BCUT2D eigenvalue weighted by Crippen LogP contribution is 2.28. The topological polar surface area (TPSA) is 76.0 Å². The molecule has 0 radical (unpaired) electrons. The monoisotopic (exact) mass is 361 g/mol. The fourth-order valence-corrected chi connectivity index (χ4v) is 3.12. The van der Waals surface area contributed by atoms with E-state index >= 15 is 0 Å². The van der Waals surface area contributed by atoms with E-state index in [0.29, 0.717) is 27.5 Å². The third-order valence-electron chi connectivity index (χ3n) is 4.22. The molecule has 7 heteroatoms. The van der Waals surface area contributed by atoms with Crippen LogP contribution in [0.25, 0.3) is 22.6 Å². The molecule has 0 aliphatic heterocycles. The number of benzene rings is 2. The molecule has 0 saturated carbocycles. The Morgan fingerprint density at radius 3 is 2.42 bits per heavy atom. The van der Waals surface area contributed by atoms with E-state index in [1.165, 1.54) is 9.08 Å². The fourth-order valence-electron chi connectivity index (χ4n) is 2.99. The molecule has 2 aromatic heterocycles. The molecule has 126 valence electrons. The Balaban J connectivity index is 2.10. The number of rotatable bonds is 2. The first kappa shape index (κ1) is 16.1. The van der Waals surface area contributed by atoms with Crippen LogP contribution in [-0.4, -0.2) is 19.4 Å². The molecule has 0 spiro atoms. The van der Waals surface area contributed by atoms with E-state index in [-0.39, 0.29) is 5.65 Å². The molecule has 0 aliphatic carbocycles. The lowest BCUT2D eigenvalue weighted by molar-refractivity contribution is 0.678. The second kappa shape index (κ2) is 6.14. The molecule has 4 aromatic rings. The molecule has 2 aromatic carbocycles. The first-order valence-corrected chi connectivity index (χ1v) is 8.22. The van der Waals surface area contributed by atoms with Gasteiger partial charge in [0.05, 0.1) is 11.4 Å². The van der Waals surface area contributed by atoms with Crippen LogP contribution in [0.3, 0.4) is 0 Å². The van der Waals surface area contributed by atoms with Crippen LogP contribution in [0, 0.1) is 18.3 Å². The maximum atomic E-state index is 13.2. The van der Waals surface area contributed by atoms with Crippen molar-refractivity contribution < 1.29 is 0 Å². The molecule has 0 aliphatic rings. The quantitative estimate of drug-likeness (QED) is 0.548. The Labute approximate surface area is 153 Å². The number of aromatic nitrogens is 4. The Bertz CT molecular complexity index is 1220. The number of hydrogen-bond donors (Lipinski definition) is 0. The lowest BCUT2D eigenvalue weighted by Crippen LogP contribution is -2.29. The molecule has 0 fully saturated rings. The van der Waals surface area contributed by atoms with Crippen LogP contribution >= 0.6 is 11.6 Å². The van der Waals surface area contributed by atoms with Gasteiger partial charge in [0.2, 0.25) is 0 Å². The zero-order valence-corrected chi connectivity index (χ0v) is 14.5. The predicted molar refractivity (Wildman–Crippen MR) is 98.5 cm³/mol. The van der Waals surface area contributed by atoms with E-state index in [1.807, 2.05) is 37.3 Å². The van der Waals surface area contributed by atoms with Crippen molar-refractivity contribution in [3.05, 3.63) is 81.2 Å². The highest BCUT2D eigenvalue weighted by atomic mass is 35.5. The molecule has 0 atom stereocenters. The maximum absolute atomic E-state index is 13.2. The van der Waals surface area contributed by atoms with Crippen LogP contribution in [0.2, 0.25) is 5.02 Å². The van der Waals surface area contributed by atoms with Crippen molar-refractivity contribution in [1.82, 2.24) is 19.4 Å². The predicted octanol–water partition coefficient (Wildman–Crippen LogP) is 3.38. The first-order chi connectivity index (χ1) is 12.6. The lowest BCUT2D eigenvalue weighted by atomic mass is 10.1. The van der Waals surface area contributed by atoms with Crippen molar-refractivity contribution in [3.8, 4) is 23.0 Å². The number of halogens is 1. The van der Waals surface area contributed by atoms with Gasteiger partial charge in [-0.05, 0) is 42.3 Å². The van der Waals surface area contributed by atoms with Crippen molar-refractivity contribution in [2.24, 2.45) is 0 Å². The van der Waals surface area contributed by atoms with Gasteiger partial charge in [-0.3, -0.25) is 0 Å². The van der Waals surface area contributed by atoms with Crippen LogP contribution in [0.4, 0.5) is 0 Å². The van der Waals surface area contributed by atoms with Gasteiger partial charge in [0.25, 0.3) is 0 Å². The summed E-state index contributed by atoms with van der Waals surface area (Å²) < 4.78 is 2.63. The number of nitrogens with zero attached hydrogens (tertiary/aromatic N) is 5. The maximum Gasteiger partial charge on any atom is 0.357 e. The van der Waals surface area contributed by atoms with Crippen molar-refractivity contribution in [2.45, 2.75) is 6.92 Å². The summed E-state index contributed by atoms with van der Waals surface area (Å²) in [4.78, 5) is 13.2.